The molecule has 2 aliphatic heterocycles. The molecule has 0 aliphatic carbocycles. The van der Waals surface area contributed by atoms with Gasteiger partial charge in [0.2, 0.25) is 0 Å². The summed E-state index contributed by atoms with van der Waals surface area (Å²) in [6.07, 6.45) is 1.06. The van der Waals surface area contributed by atoms with E-state index in [0.717, 1.165) is 13.0 Å². The molecule has 1 N–H and O–H groups in total. The Bertz CT molecular complexity index is 118. The van der Waals surface area contributed by atoms with Gasteiger partial charge in [-0.2, -0.15) is 0 Å². The molecule has 0 bridgehead atoms. The van der Waals surface area contributed by atoms with Crippen molar-refractivity contribution in [3.63, 3.8) is 0 Å². The summed E-state index contributed by atoms with van der Waals surface area (Å²) in [6, 6.07) is 1.32. The molecule has 0 amide bonds. The molecule has 0 saturated carbocycles. The predicted octanol–water partition coefficient (Wildman–Crippen LogP) is -0.280. The molecule has 3 nitrogen and oxygen atoms in total. The lowest BCUT2D eigenvalue weighted by Gasteiger charge is -2.18. The fourth-order valence-corrected chi connectivity index (χ4v) is 1.27. The smallest absolute Gasteiger partial charge is 0.158 e. The Morgan fingerprint density at radius 1 is 1.56 bits per heavy atom. The molecular weight excluding hydrogens is 118 g/mol. The van der Waals surface area contributed by atoms with E-state index < -0.39 is 0 Å². The number of nitrogens with one attached hydrogen (secondary N) is 1. The first-order chi connectivity index (χ1) is 4.40. The normalized spacial score (nSPS) is 48.3. The van der Waals surface area contributed by atoms with E-state index in [0.29, 0.717) is 12.1 Å². The van der Waals surface area contributed by atoms with Crippen molar-refractivity contribution >= 4 is 0 Å². The van der Waals surface area contributed by atoms with E-state index in [1.807, 2.05) is 0 Å². The van der Waals surface area contributed by atoms with E-state index in [4.69, 9.17) is 9.47 Å². The molecule has 3 atom stereocenters. The van der Waals surface area contributed by atoms with Crippen molar-refractivity contribution < 1.29 is 9.47 Å². The van der Waals surface area contributed by atoms with Crippen molar-refractivity contribution in [2.75, 3.05) is 13.7 Å². The second-order valence-corrected chi connectivity index (χ2v) is 2.61. The third kappa shape index (κ3) is 0.956. The highest BCUT2D eigenvalue weighted by Gasteiger charge is 2.42. The van der Waals surface area contributed by atoms with Crippen LogP contribution in [-0.2, 0) is 9.47 Å². The van der Waals surface area contributed by atoms with Crippen LogP contribution in [0.2, 0.25) is 0 Å². The summed E-state index contributed by atoms with van der Waals surface area (Å²) < 4.78 is 10.3. The van der Waals surface area contributed by atoms with Gasteiger partial charge in [-0.15, -0.1) is 0 Å². The van der Waals surface area contributed by atoms with Crippen LogP contribution >= 0.6 is 0 Å². The fraction of sp³-hybridized carbons (Fsp3) is 1.00. The van der Waals surface area contributed by atoms with Gasteiger partial charge in [-0.05, 0) is 0 Å². The largest absolute Gasteiger partial charge is 0.356 e. The van der Waals surface area contributed by atoms with Crippen LogP contribution in [0.15, 0.2) is 0 Å². The van der Waals surface area contributed by atoms with E-state index in [1.54, 1.807) is 7.11 Å². The number of ether oxygens (including phenoxy) is 2. The Hall–Kier alpha value is -0.120. The first-order valence-corrected chi connectivity index (χ1v) is 3.30. The quantitative estimate of drug-likeness (QED) is 0.495. The molecule has 52 valence electrons. The van der Waals surface area contributed by atoms with Gasteiger partial charge in [0.1, 0.15) is 0 Å². The van der Waals surface area contributed by atoms with Crippen LogP contribution in [0.4, 0.5) is 0 Å². The minimum atomic E-state index is 0.0428. The van der Waals surface area contributed by atoms with Crippen molar-refractivity contribution in [2.45, 2.75) is 24.8 Å². The third-order valence-electron chi connectivity index (χ3n) is 1.98. The molecule has 0 radical (unpaired) electrons. The highest BCUT2D eigenvalue weighted by atomic mass is 16.7. The number of hydrogen-bond acceptors (Lipinski definition) is 3. The zero-order chi connectivity index (χ0) is 6.27. The van der Waals surface area contributed by atoms with Crippen LogP contribution in [-0.4, -0.2) is 32.1 Å². The number of hydrogen-bond donors (Lipinski definition) is 1. The summed E-state index contributed by atoms with van der Waals surface area (Å²) >= 11 is 0. The summed E-state index contributed by atoms with van der Waals surface area (Å²) in [4.78, 5) is 0. The molecule has 0 aromatic heterocycles. The lowest BCUT2D eigenvalue weighted by Crippen LogP contribution is -2.26. The van der Waals surface area contributed by atoms with Gasteiger partial charge in [0.15, 0.2) is 6.29 Å². The van der Waals surface area contributed by atoms with Crippen molar-refractivity contribution in [3.05, 3.63) is 0 Å². The maximum atomic E-state index is 5.30. The first-order valence-electron chi connectivity index (χ1n) is 3.30. The molecule has 0 aromatic rings. The molecule has 9 heavy (non-hydrogen) atoms. The Kier molecular flexibility index (Phi) is 1.22. The van der Waals surface area contributed by atoms with Crippen LogP contribution in [0, 0.1) is 0 Å². The molecule has 2 rings (SSSR count). The van der Waals surface area contributed by atoms with E-state index in [2.05, 4.69) is 5.32 Å². The minimum absolute atomic E-state index is 0.0428. The average Bonchev–Trinajstić information content (AvgIpc) is 2.64. The van der Waals surface area contributed by atoms with E-state index in [-0.39, 0.29) is 6.29 Å². The van der Waals surface area contributed by atoms with Crippen molar-refractivity contribution in [1.82, 2.24) is 5.32 Å². The second-order valence-electron chi connectivity index (χ2n) is 2.61. The van der Waals surface area contributed by atoms with Crippen LogP contribution in [0.3, 0.4) is 0 Å². The third-order valence-corrected chi connectivity index (χ3v) is 1.98. The number of fused-ring (bicyclic) bond motifs is 1. The molecule has 2 heterocycles. The van der Waals surface area contributed by atoms with Gasteiger partial charge >= 0.3 is 0 Å². The van der Waals surface area contributed by atoms with Crippen LogP contribution in [0.5, 0.6) is 0 Å². The van der Waals surface area contributed by atoms with E-state index in [1.165, 1.54) is 0 Å². The Labute approximate surface area is 54.3 Å². The standard InChI is InChI=1S/C6H11NO2/c1-8-6-2-4-5(7-4)3-9-6/h4-7H,2-3H2,1H3/t4-,5+,6+/m1/s1. The van der Waals surface area contributed by atoms with E-state index >= 15 is 0 Å². The highest BCUT2D eigenvalue weighted by molar-refractivity contribution is 5.00. The summed E-state index contributed by atoms with van der Waals surface area (Å²) in [5.74, 6) is 0. The predicted molar refractivity (Wildman–Crippen MR) is 32.1 cm³/mol. The van der Waals surface area contributed by atoms with Crippen LogP contribution < -0.4 is 5.32 Å². The van der Waals surface area contributed by atoms with Crippen molar-refractivity contribution in [1.29, 1.82) is 0 Å². The van der Waals surface area contributed by atoms with Gasteiger partial charge in [-0.25, -0.2) is 0 Å². The van der Waals surface area contributed by atoms with Crippen molar-refractivity contribution in [3.8, 4) is 0 Å². The van der Waals surface area contributed by atoms with Gasteiger partial charge in [0, 0.05) is 25.6 Å². The Balaban J connectivity index is 1.86. The maximum Gasteiger partial charge on any atom is 0.158 e. The van der Waals surface area contributed by atoms with E-state index in [9.17, 15) is 0 Å². The van der Waals surface area contributed by atoms with Crippen LogP contribution in [0.25, 0.3) is 0 Å². The van der Waals surface area contributed by atoms with Gasteiger partial charge < -0.3 is 14.8 Å². The Morgan fingerprint density at radius 2 is 2.44 bits per heavy atom. The lowest BCUT2D eigenvalue weighted by atomic mass is 10.2. The molecule has 2 aliphatic rings. The summed E-state index contributed by atoms with van der Waals surface area (Å²) in [7, 11) is 1.69. The topological polar surface area (TPSA) is 40.4 Å². The SMILES string of the molecule is CO[C@@H]1C[C@H]2N[C@H]2CO1. The van der Waals surface area contributed by atoms with Crippen molar-refractivity contribution in [2.24, 2.45) is 0 Å². The summed E-state index contributed by atoms with van der Waals surface area (Å²) in [5.41, 5.74) is 0. The van der Waals surface area contributed by atoms with Gasteiger partial charge in [-0.1, -0.05) is 0 Å². The molecule has 0 spiro atoms. The fourth-order valence-electron chi connectivity index (χ4n) is 1.27. The molecule has 0 aromatic carbocycles. The molecule has 2 fully saturated rings. The van der Waals surface area contributed by atoms with Crippen LogP contribution in [0.1, 0.15) is 6.42 Å². The minimum Gasteiger partial charge on any atom is -0.356 e. The molecule has 3 heteroatoms. The van der Waals surface area contributed by atoms with Gasteiger partial charge in [-0.3, -0.25) is 0 Å². The molecule has 0 unspecified atom stereocenters. The number of rotatable bonds is 1. The van der Waals surface area contributed by atoms with Gasteiger partial charge in [0.05, 0.1) is 6.61 Å². The lowest BCUT2D eigenvalue weighted by molar-refractivity contribution is -0.137. The maximum absolute atomic E-state index is 5.30. The zero-order valence-electron chi connectivity index (χ0n) is 5.46. The average molecular weight is 129 g/mol. The monoisotopic (exact) mass is 129 g/mol. The second kappa shape index (κ2) is 1.94. The zero-order valence-corrected chi connectivity index (χ0v) is 5.46. The molecule has 2 saturated heterocycles. The Morgan fingerprint density at radius 3 is 3.11 bits per heavy atom. The first kappa shape index (κ1) is 5.65. The highest BCUT2D eigenvalue weighted by Crippen LogP contribution is 2.24. The van der Waals surface area contributed by atoms with Gasteiger partial charge in [0.25, 0.3) is 0 Å². The molecular formula is C6H11NO2. The summed E-state index contributed by atoms with van der Waals surface area (Å²) in [6.45, 7) is 0.823. The summed E-state index contributed by atoms with van der Waals surface area (Å²) in [5, 5.41) is 3.29. The number of methoxy groups -OCH3 is 1.